The topological polar surface area (TPSA) is 41.6 Å². The molecule has 1 fully saturated rings. The van der Waals surface area contributed by atoms with Gasteiger partial charge in [0.1, 0.15) is 0 Å². The minimum absolute atomic E-state index is 0. The van der Waals surface area contributed by atoms with Crippen molar-refractivity contribution in [2.45, 2.75) is 31.8 Å². The van der Waals surface area contributed by atoms with E-state index in [1.54, 1.807) is 0 Å². The second kappa shape index (κ2) is 7.95. The number of carbonyl (C=O) groups excluding carboxylic acids is 1. The van der Waals surface area contributed by atoms with Crippen molar-refractivity contribution in [2.75, 3.05) is 26.8 Å². The van der Waals surface area contributed by atoms with Crippen molar-refractivity contribution in [1.82, 2.24) is 10.2 Å². The summed E-state index contributed by atoms with van der Waals surface area (Å²) >= 11 is 0. The summed E-state index contributed by atoms with van der Waals surface area (Å²) in [5.74, 6) is 0.693. The number of likely N-dealkylation sites (N-methyl/N-ethyl adjacent to an activating group) is 1. The summed E-state index contributed by atoms with van der Waals surface area (Å²) in [5.41, 5.74) is 2.61. The molecule has 5 heteroatoms. The van der Waals surface area contributed by atoms with Gasteiger partial charge in [0.15, 0.2) is 0 Å². The molecule has 0 bridgehead atoms. The Bertz CT molecular complexity index is 503. The van der Waals surface area contributed by atoms with Crippen LogP contribution in [0.3, 0.4) is 0 Å². The summed E-state index contributed by atoms with van der Waals surface area (Å²) in [6.45, 7) is 3.25. The molecule has 2 atom stereocenters. The molecule has 122 valence electrons. The van der Waals surface area contributed by atoms with Crippen LogP contribution in [-0.2, 0) is 22.5 Å². The third kappa shape index (κ3) is 4.00. The number of rotatable bonds is 3. The third-order valence-corrected chi connectivity index (χ3v) is 4.54. The quantitative estimate of drug-likeness (QED) is 0.924. The highest BCUT2D eigenvalue weighted by atomic mass is 35.5. The Labute approximate surface area is 138 Å². The van der Waals surface area contributed by atoms with E-state index < -0.39 is 0 Å². The Morgan fingerprint density at radius 2 is 2.14 bits per heavy atom. The van der Waals surface area contributed by atoms with E-state index in [1.165, 1.54) is 17.5 Å². The van der Waals surface area contributed by atoms with Gasteiger partial charge in [-0.2, -0.15) is 0 Å². The van der Waals surface area contributed by atoms with Gasteiger partial charge < -0.3 is 15.0 Å². The summed E-state index contributed by atoms with van der Waals surface area (Å²) in [5, 5.41) is 3.37. The van der Waals surface area contributed by atoms with Gasteiger partial charge in [0.25, 0.3) is 0 Å². The first-order valence-corrected chi connectivity index (χ1v) is 7.87. The lowest BCUT2D eigenvalue weighted by Crippen LogP contribution is -2.49. The van der Waals surface area contributed by atoms with E-state index in [0.717, 1.165) is 39.1 Å². The molecular weight excluding hydrogens is 300 g/mol. The van der Waals surface area contributed by atoms with Gasteiger partial charge in [-0.05, 0) is 36.3 Å². The number of halogens is 1. The van der Waals surface area contributed by atoms with Crippen LogP contribution in [0.1, 0.15) is 24.0 Å². The normalized spacial score (nSPS) is 24.0. The van der Waals surface area contributed by atoms with Crippen LogP contribution in [0.5, 0.6) is 0 Å². The molecule has 2 aliphatic heterocycles. The zero-order valence-corrected chi connectivity index (χ0v) is 13.9. The minimum atomic E-state index is -0.0885. The Hall–Kier alpha value is -1.10. The second-order valence-electron chi connectivity index (χ2n) is 6.21. The van der Waals surface area contributed by atoms with Crippen molar-refractivity contribution >= 4 is 18.3 Å². The van der Waals surface area contributed by atoms with Crippen LogP contribution in [0.2, 0.25) is 0 Å². The van der Waals surface area contributed by atoms with Crippen LogP contribution in [0.25, 0.3) is 0 Å². The number of nitrogens with one attached hydrogen (secondary N) is 1. The molecular formula is C17H25ClN2O2. The lowest BCUT2D eigenvalue weighted by molar-refractivity contribution is -0.133. The lowest BCUT2D eigenvalue weighted by Gasteiger charge is -2.32. The summed E-state index contributed by atoms with van der Waals surface area (Å²) < 4.78 is 5.50. The van der Waals surface area contributed by atoms with E-state index in [9.17, 15) is 4.79 Å². The fourth-order valence-corrected chi connectivity index (χ4v) is 3.32. The van der Waals surface area contributed by atoms with Crippen LogP contribution in [0.4, 0.5) is 0 Å². The molecule has 1 aromatic rings. The molecule has 3 rings (SSSR count). The summed E-state index contributed by atoms with van der Waals surface area (Å²) in [4.78, 5) is 14.5. The van der Waals surface area contributed by atoms with Gasteiger partial charge >= 0.3 is 0 Å². The molecule has 4 nitrogen and oxygen atoms in total. The molecule has 2 heterocycles. The number of amides is 1. The average Bonchev–Trinajstić information content (AvgIpc) is 2.54. The highest BCUT2D eigenvalue weighted by Crippen LogP contribution is 2.19. The van der Waals surface area contributed by atoms with Crippen LogP contribution in [0, 0.1) is 5.92 Å². The maximum atomic E-state index is 12.6. The summed E-state index contributed by atoms with van der Waals surface area (Å²) in [6.07, 6.45) is 3.07. The predicted molar refractivity (Wildman–Crippen MR) is 89.2 cm³/mol. The Morgan fingerprint density at radius 3 is 2.86 bits per heavy atom. The Kier molecular flexibility index (Phi) is 6.24. The van der Waals surface area contributed by atoms with Crippen LogP contribution in [-0.4, -0.2) is 43.7 Å². The molecule has 2 aliphatic rings. The van der Waals surface area contributed by atoms with Gasteiger partial charge in [-0.25, -0.2) is 0 Å². The second-order valence-corrected chi connectivity index (χ2v) is 6.21. The Balaban J connectivity index is 0.00000176. The van der Waals surface area contributed by atoms with Crippen LogP contribution in [0.15, 0.2) is 24.3 Å². The first kappa shape index (κ1) is 17.3. The zero-order chi connectivity index (χ0) is 14.7. The van der Waals surface area contributed by atoms with Crippen molar-refractivity contribution in [3.63, 3.8) is 0 Å². The predicted octanol–water partition coefficient (Wildman–Crippen LogP) is 2.01. The highest BCUT2D eigenvalue weighted by Gasteiger charge is 2.27. The number of fused-ring (bicyclic) bond motifs is 1. The molecule has 22 heavy (non-hydrogen) atoms. The molecule has 0 aliphatic carbocycles. The maximum absolute atomic E-state index is 12.6. The molecule has 1 aromatic carbocycles. The number of carbonyl (C=O) groups is 1. The smallest absolute Gasteiger partial charge is 0.239 e. The number of ether oxygens (including phenoxy) is 1. The van der Waals surface area contributed by atoms with Crippen LogP contribution < -0.4 is 5.32 Å². The van der Waals surface area contributed by atoms with Crippen molar-refractivity contribution in [3.05, 3.63) is 35.4 Å². The first-order valence-electron chi connectivity index (χ1n) is 7.87. The van der Waals surface area contributed by atoms with E-state index >= 15 is 0 Å². The first-order chi connectivity index (χ1) is 10.2. The monoisotopic (exact) mass is 324 g/mol. The zero-order valence-electron chi connectivity index (χ0n) is 13.1. The van der Waals surface area contributed by atoms with Crippen LogP contribution >= 0.6 is 12.4 Å². The number of nitrogens with zero attached hydrogens (tertiary/aromatic N) is 1. The number of hydrogen-bond donors (Lipinski definition) is 1. The molecule has 0 saturated carbocycles. The molecule has 0 aromatic heterocycles. The molecule has 1 N–H and O–H groups in total. The molecule has 1 amide bonds. The van der Waals surface area contributed by atoms with Gasteiger partial charge in [-0.15, -0.1) is 12.4 Å². The molecule has 0 spiro atoms. The largest absolute Gasteiger partial charge is 0.381 e. The highest BCUT2D eigenvalue weighted by molar-refractivity contribution is 5.85. The number of benzene rings is 1. The van der Waals surface area contributed by atoms with Gasteiger partial charge in [0.05, 0.1) is 12.6 Å². The van der Waals surface area contributed by atoms with Crippen molar-refractivity contribution in [2.24, 2.45) is 5.92 Å². The third-order valence-electron chi connectivity index (χ3n) is 4.54. The standard InChI is InChI=1S/C17H24N2O2.ClH/c1-19(11-13-5-4-8-21-12-13)17(20)16-9-14-6-2-3-7-15(14)10-18-16;/h2-3,6-7,13,16,18H,4-5,8-12H2,1H3;1H. The van der Waals surface area contributed by atoms with E-state index in [2.05, 4.69) is 29.6 Å². The lowest BCUT2D eigenvalue weighted by atomic mass is 9.95. The van der Waals surface area contributed by atoms with Gasteiger partial charge in [-0.1, -0.05) is 24.3 Å². The van der Waals surface area contributed by atoms with Crippen molar-refractivity contribution in [1.29, 1.82) is 0 Å². The fraction of sp³-hybridized carbons (Fsp3) is 0.588. The van der Waals surface area contributed by atoms with E-state index in [-0.39, 0.29) is 24.4 Å². The average molecular weight is 325 g/mol. The summed E-state index contributed by atoms with van der Waals surface area (Å²) in [6, 6.07) is 8.28. The fourth-order valence-electron chi connectivity index (χ4n) is 3.32. The van der Waals surface area contributed by atoms with Gasteiger partial charge in [0.2, 0.25) is 5.91 Å². The van der Waals surface area contributed by atoms with E-state index in [0.29, 0.717) is 5.92 Å². The maximum Gasteiger partial charge on any atom is 0.239 e. The van der Waals surface area contributed by atoms with E-state index in [4.69, 9.17) is 4.74 Å². The van der Waals surface area contributed by atoms with Crippen molar-refractivity contribution < 1.29 is 9.53 Å². The molecule has 2 unspecified atom stereocenters. The number of hydrogen-bond acceptors (Lipinski definition) is 3. The SMILES string of the molecule is CN(CC1CCCOC1)C(=O)C1Cc2ccccc2CN1.Cl. The molecule has 1 saturated heterocycles. The summed E-state index contributed by atoms with van der Waals surface area (Å²) in [7, 11) is 1.92. The van der Waals surface area contributed by atoms with Gasteiger partial charge in [0, 0.05) is 26.7 Å². The molecule has 0 radical (unpaired) electrons. The Morgan fingerprint density at radius 1 is 1.36 bits per heavy atom. The van der Waals surface area contributed by atoms with E-state index in [1.807, 2.05) is 11.9 Å². The van der Waals surface area contributed by atoms with Gasteiger partial charge in [-0.3, -0.25) is 4.79 Å². The minimum Gasteiger partial charge on any atom is -0.381 e. The van der Waals surface area contributed by atoms with Crippen molar-refractivity contribution in [3.8, 4) is 0 Å².